The molecule has 1 aliphatic heterocycles. The predicted molar refractivity (Wildman–Crippen MR) is 112 cm³/mol. The number of aliphatic imine (C=N–C) groups is 1. The zero-order valence-corrected chi connectivity index (χ0v) is 16.8. The molecule has 1 aliphatic rings. The van der Waals surface area contributed by atoms with E-state index in [1.54, 1.807) is 30.5 Å². The van der Waals surface area contributed by atoms with Crippen molar-refractivity contribution in [2.45, 2.75) is 32.6 Å². The van der Waals surface area contributed by atoms with Gasteiger partial charge in [0.2, 0.25) is 5.91 Å². The molecule has 2 aromatic carbocycles. The van der Waals surface area contributed by atoms with Gasteiger partial charge in [-0.1, -0.05) is 24.3 Å². The summed E-state index contributed by atoms with van der Waals surface area (Å²) in [7, 11) is 1.35. The minimum Gasteiger partial charge on any atom is -0.469 e. The first-order valence-corrected chi connectivity index (χ1v) is 9.55. The van der Waals surface area contributed by atoms with E-state index in [1.807, 2.05) is 32.0 Å². The van der Waals surface area contributed by atoms with Crippen LogP contribution in [0.4, 0.5) is 5.69 Å². The van der Waals surface area contributed by atoms with E-state index in [2.05, 4.69) is 9.73 Å². The molecule has 0 unspecified atom stereocenters. The molecule has 2 aromatic rings. The van der Waals surface area contributed by atoms with Gasteiger partial charge in [0, 0.05) is 24.7 Å². The first-order chi connectivity index (χ1) is 13.9. The van der Waals surface area contributed by atoms with Crippen molar-refractivity contribution in [3.05, 3.63) is 64.7 Å². The van der Waals surface area contributed by atoms with Gasteiger partial charge >= 0.3 is 5.97 Å². The summed E-state index contributed by atoms with van der Waals surface area (Å²) in [4.78, 5) is 43.1. The minimum absolute atomic E-state index is 0.274. The van der Waals surface area contributed by atoms with Crippen molar-refractivity contribution in [3.63, 3.8) is 0 Å². The van der Waals surface area contributed by atoms with Gasteiger partial charge in [-0.2, -0.15) is 0 Å². The van der Waals surface area contributed by atoms with Crippen LogP contribution in [0, 0.1) is 13.8 Å². The lowest BCUT2D eigenvalue weighted by Gasteiger charge is -2.31. The van der Waals surface area contributed by atoms with Crippen LogP contribution in [0.5, 0.6) is 0 Å². The number of nitrogens with zero attached hydrogens (tertiary/aromatic N) is 2. The number of rotatable bonds is 6. The first-order valence-electron chi connectivity index (χ1n) is 9.55. The number of anilines is 1. The average Bonchev–Trinajstić information content (AvgIpc) is 2.72. The molecule has 6 nitrogen and oxygen atoms in total. The number of carbonyl (C=O) groups is 3. The maximum atomic E-state index is 13.3. The van der Waals surface area contributed by atoms with E-state index in [4.69, 9.17) is 0 Å². The molecular weight excluding hydrogens is 368 g/mol. The van der Waals surface area contributed by atoms with E-state index < -0.39 is 5.92 Å². The molecule has 1 heterocycles. The van der Waals surface area contributed by atoms with Crippen molar-refractivity contribution in [1.82, 2.24) is 0 Å². The predicted octanol–water partition coefficient (Wildman–Crippen LogP) is 3.60. The molecule has 0 saturated carbocycles. The van der Waals surface area contributed by atoms with Gasteiger partial charge in [0.15, 0.2) is 0 Å². The largest absolute Gasteiger partial charge is 0.469 e. The second-order valence-corrected chi connectivity index (χ2v) is 7.05. The van der Waals surface area contributed by atoms with E-state index in [0.29, 0.717) is 29.8 Å². The Morgan fingerprint density at radius 3 is 2.62 bits per heavy atom. The van der Waals surface area contributed by atoms with Crippen LogP contribution in [0.3, 0.4) is 0 Å². The number of esters is 1. The zero-order chi connectivity index (χ0) is 21.0. The number of amides is 2. The fraction of sp³-hybridized carbons (Fsp3) is 0.304. The summed E-state index contributed by atoms with van der Waals surface area (Å²) >= 11 is 0. The number of benzene rings is 2. The van der Waals surface area contributed by atoms with Crippen molar-refractivity contribution in [3.8, 4) is 0 Å². The Balaban J connectivity index is 1.90. The number of imide groups is 1. The van der Waals surface area contributed by atoms with E-state index >= 15 is 0 Å². The van der Waals surface area contributed by atoms with Gasteiger partial charge < -0.3 is 4.74 Å². The van der Waals surface area contributed by atoms with Crippen LogP contribution in [-0.2, 0) is 14.3 Å². The van der Waals surface area contributed by atoms with E-state index in [9.17, 15) is 14.4 Å². The number of ether oxygens (including phenoxy) is 1. The lowest BCUT2D eigenvalue weighted by atomic mass is 9.88. The Labute approximate surface area is 170 Å². The van der Waals surface area contributed by atoms with Crippen LogP contribution in [0.1, 0.15) is 45.8 Å². The van der Waals surface area contributed by atoms with Gasteiger partial charge in [-0.25, -0.2) is 4.90 Å². The zero-order valence-electron chi connectivity index (χ0n) is 16.8. The summed E-state index contributed by atoms with van der Waals surface area (Å²) in [6.07, 6.45) is 2.39. The maximum absolute atomic E-state index is 13.3. The molecule has 1 atom stereocenters. The molecule has 0 spiro atoms. The Hall–Kier alpha value is -3.28. The van der Waals surface area contributed by atoms with Crippen molar-refractivity contribution in [2.75, 3.05) is 18.6 Å². The minimum atomic E-state index is -0.649. The van der Waals surface area contributed by atoms with Gasteiger partial charge in [0.25, 0.3) is 5.91 Å². The van der Waals surface area contributed by atoms with Crippen molar-refractivity contribution >= 4 is 29.7 Å². The highest BCUT2D eigenvalue weighted by Gasteiger charge is 2.38. The standard InChI is InChI=1S/C23H24N2O4/c1-15-10-11-17(13-16(15)2)25-22(27)19-8-5-4-7-18(19)20(23(25)28)14-24-12-6-9-21(26)29-3/h4-5,7-8,10-11,13-14,20H,6,9,12H2,1-3H3/t20-/m0/s1. The normalized spacial score (nSPS) is 16.2. The molecule has 0 aliphatic carbocycles. The second kappa shape index (κ2) is 8.82. The summed E-state index contributed by atoms with van der Waals surface area (Å²) < 4.78 is 4.61. The van der Waals surface area contributed by atoms with Crippen LogP contribution in [-0.4, -0.2) is 37.7 Å². The smallest absolute Gasteiger partial charge is 0.305 e. The summed E-state index contributed by atoms with van der Waals surface area (Å²) in [5.74, 6) is -1.59. The fourth-order valence-electron chi connectivity index (χ4n) is 3.31. The molecule has 0 fully saturated rings. The topological polar surface area (TPSA) is 76.0 Å². The number of hydrogen-bond donors (Lipinski definition) is 0. The molecule has 0 radical (unpaired) electrons. The SMILES string of the molecule is COC(=O)CCCN=C[C@@H]1C(=O)N(c2ccc(C)c(C)c2)C(=O)c2ccccc21. The molecule has 6 heteroatoms. The second-order valence-electron chi connectivity index (χ2n) is 7.05. The quantitative estimate of drug-likeness (QED) is 0.326. The van der Waals surface area contributed by atoms with Crippen LogP contribution in [0.15, 0.2) is 47.5 Å². The highest BCUT2D eigenvalue weighted by molar-refractivity contribution is 6.29. The van der Waals surface area contributed by atoms with Crippen molar-refractivity contribution in [1.29, 1.82) is 0 Å². The molecule has 0 saturated heterocycles. The Morgan fingerprint density at radius 2 is 1.90 bits per heavy atom. The molecule has 3 rings (SSSR count). The molecular formula is C23H24N2O4. The third-order valence-corrected chi connectivity index (χ3v) is 5.11. The van der Waals surface area contributed by atoms with Crippen LogP contribution < -0.4 is 4.90 Å². The third kappa shape index (κ3) is 4.26. The summed E-state index contributed by atoms with van der Waals surface area (Å²) in [5, 5.41) is 0. The fourth-order valence-corrected chi connectivity index (χ4v) is 3.31. The lowest BCUT2D eigenvalue weighted by molar-refractivity contribution is -0.140. The summed E-state index contributed by atoms with van der Waals surface area (Å²) in [6, 6.07) is 12.7. The van der Waals surface area contributed by atoms with Crippen molar-refractivity contribution in [2.24, 2.45) is 4.99 Å². The van der Waals surface area contributed by atoms with Crippen molar-refractivity contribution < 1.29 is 19.1 Å². The van der Waals surface area contributed by atoms with Gasteiger partial charge in [-0.3, -0.25) is 19.4 Å². The number of fused-ring (bicyclic) bond motifs is 1. The van der Waals surface area contributed by atoms with Gasteiger partial charge in [0.1, 0.15) is 0 Å². The molecule has 0 bridgehead atoms. The summed E-state index contributed by atoms with van der Waals surface area (Å²) in [6.45, 7) is 4.34. The average molecular weight is 392 g/mol. The van der Waals surface area contributed by atoms with E-state index in [0.717, 1.165) is 11.1 Å². The van der Waals surface area contributed by atoms with E-state index in [-0.39, 0.29) is 24.2 Å². The lowest BCUT2D eigenvalue weighted by Crippen LogP contribution is -2.45. The van der Waals surface area contributed by atoms with Crippen LogP contribution in [0.2, 0.25) is 0 Å². The molecule has 2 amide bonds. The Bertz CT molecular complexity index is 981. The number of carbonyl (C=O) groups excluding carboxylic acids is 3. The van der Waals surface area contributed by atoms with Crippen LogP contribution in [0.25, 0.3) is 0 Å². The number of methoxy groups -OCH3 is 1. The Morgan fingerprint density at radius 1 is 1.14 bits per heavy atom. The van der Waals surface area contributed by atoms with Crippen LogP contribution >= 0.6 is 0 Å². The molecule has 0 aromatic heterocycles. The number of hydrogen-bond acceptors (Lipinski definition) is 5. The molecule has 0 N–H and O–H groups in total. The van der Waals surface area contributed by atoms with E-state index in [1.165, 1.54) is 12.0 Å². The first kappa shape index (κ1) is 20.5. The van der Waals surface area contributed by atoms with Gasteiger partial charge in [0.05, 0.1) is 18.7 Å². The Kier molecular flexibility index (Phi) is 6.22. The van der Waals surface area contributed by atoms with Gasteiger partial charge in [-0.05, 0) is 55.2 Å². The molecule has 150 valence electrons. The third-order valence-electron chi connectivity index (χ3n) is 5.11. The highest BCUT2D eigenvalue weighted by Crippen LogP contribution is 2.32. The monoisotopic (exact) mass is 392 g/mol. The maximum Gasteiger partial charge on any atom is 0.305 e. The molecule has 29 heavy (non-hydrogen) atoms. The highest BCUT2D eigenvalue weighted by atomic mass is 16.5. The summed E-state index contributed by atoms with van der Waals surface area (Å²) in [5.41, 5.74) is 3.81. The number of aryl methyl sites for hydroxylation is 2. The van der Waals surface area contributed by atoms with Gasteiger partial charge in [-0.15, -0.1) is 0 Å².